The molecule has 1 aromatic heterocycles. The van der Waals surface area contributed by atoms with Crippen LogP contribution in [0.15, 0.2) is 18.3 Å². The lowest BCUT2D eigenvalue weighted by Gasteiger charge is -2.26. The van der Waals surface area contributed by atoms with Crippen molar-refractivity contribution in [3.63, 3.8) is 0 Å². The maximum Gasteiger partial charge on any atom is 0.251 e. The second-order valence-corrected chi connectivity index (χ2v) is 4.84. The van der Waals surface area contributed by atoms with Crippen LogP contribution in [0.5, 0.6) is 0 Å². The van der Waals surface area contributed by atoms with Crippen LogP contribution in [0.4, 0.5) is 0 Å². The van der Waals surface area contributed by atoms with Crippen LogP contribution in [-0.2, 0) is 0 Å². The second-order valence-electron chi connectivity index (χ2n) is 4.45. The van der Waals surface area contributed by atoms with Gasteiger partial charge in [-0.25, -0.2) is 4.98 Å². The molecule has 1 aliphatic rings. The number of nitrogens with two attached hydrogens (primary N) is 1. The van der Waals surface area contributed by atoms with Gasteiger partial charge in [0.25, 0.3) is 5.91 Å². The van der Waals surface area contributed by atoms with Crippen LogP contribution < -0.4 is 11.1 Å². The summed E-state index contributed by atoms with van der Waals surface area (Å²) < 4.78 is 0. The molecule has 1 aromatic rings. The maximum absolute atomic E-state index is 11.9. The first kappa shape index (κ1) is 12.3. The lowest BCUT2D eigenvalue weighted by molar-refractivity contribution is 0.0926. The molecule has 2 rings (SSSR count). The molecule has 0 radical (unpaired) electrons. The van der Waals surface area contributed by atoms with E-state index in [2.05, 4.69) is 10.3 Å². The first-order valence-electron chi connectivity index (χ1n) is 5.83. The third-order valence-electron chi connectivity index (χ3n) is 3.10. The molecule has 0 unspecified atom stereocenters. The average Bonchev–Trinajstić information content (AvgIpc) is 2.32. The molecule has 5 heteroatoms. The Morgan fingerprint density at radius 2 is 2.12 bits per heavy atom. The summed E-state index contributed by atoms with van der Waals surface area (Å²) in [5, 5.41) is 3.34. The molecule has 4 nitrogen and oxygen atoms in total. The molecule has 3 N–H and O–H groups in total. The lowest BCUT2D eigenvalue weighted by Crippen LogP contribution is -2.40. The fourth-order valence-corrected chi connectivity index (χ4v) is 2.25. The van der Waals surface area contributed by atoms with Gasteiger partial charge in [0.15, 0.2) is 0 Å². The predicted molar refractivity (Wildman–Crippen MR) is 66.9 cm³/mol. The largest absolute Gasteiger partial charge is 0.349 e. The number of hydrogen-bond acceptors (Lipinski definition) is 3. The number of carbonyl (C=O) groups excluding carboxylic acids is 1. The highest BCUT2D eigenvalue weighted by Gasteiger charge is 2.20. The number of aromatic nitrogens is 1. The van der Waals surface area contributed by atoms with E-state index in [0.29, 0.717) is 16.8 Å². The summed E-state index contributed by atoms with van der Waals surface area (Å²) in [6.45, 7) is 0. The molecule has 92 valence electrons. The number of carbonyl (C=O) groups is 1. The molecule has 0 aliphatic heterocycles. The summed E-state index contributed by atoms with van der Waals surface area (Å²) in [5.74, 6) is -0.0882. The topological polar surface area (TPSA) is 68.0 Å². The standard InChI is InChI=1S/C12H16ClN3O/c13-11-7-8(5-6-15-11)12(17)16-10-3-1-9(14)2-4-10/h5-7,9-10H,1-4,14H2,(H,16,17). The van der Waals surface area contributed by atoms with Crippen molar-refractivity contribution in [1.82, 2.24) is 10.3 Å². The number of halogens is 1. The summed E-state index contributed by atoms with van der Waals surface area (Å²) in [6.07, 6.45) is 5.38. The number of nitrogens with one attached hydrogen (secondary N) is 1. The monoisotopic (exact) mass is 253 g/mol. The van der Waals surface area contributed by atoms with Crippen molar-refractivity contribution in [2.45, 2.75) is 37.8 Å². The SMILES string of the molecule is NC1CCC(NC(=O)c2ccnc(Cl)c2)CC1. The number of hydrogen-bond donors (Lipinski definition) is 2. The van der Waals surface area contributed by atoms with Crippen LogP contribution in [0.1, 0.15) is 36.0 Å². The molecule has 1 fully saturated rings. The van der Waals surface area contributed by atoms with E-state index < -0.39 is 0 Å². The molecule has 1 saturated carbocycles. The first-order chi connectivity index (χ1) is 8.15. The highest BCUT2D eigenvalue weighted by Crippen LogP contribution is 2.17. The molecule has 17 heavy (non-hydrogen) atoms. The van der Waals surface area contributed by atoms with Gasteiger partial charge >= 0.3 is 0 Å². The van der Waals surface area contributed by atoms with Crippen molar-refractivity contribution in [2.75, 3.05) is 0 Å². The smallest absolute Gasteiger partial charge is 0.251 e. The summed E-state index contributed by atoms with van der Waals surface area (Å²) in [5.41, 5.74) is 6.38. The van der Waals surface area contributed by atoms with E-state index in [1.54, 1.807) is 12.1 Å². The number of rotatable bonds is 2. The Morgan fingerprint density at radius 3 is 2.76 bits per heavy atom. The van der Waals surface area contributed by atoms with Gasteiger partial charge < -0.3 is 11.1 Å². The van der Waals surface area contributed by atoms with Gasteiger partial charge in [0.2, 0.25) is 0 Å². The molecular weight excluding hydrogens is 238 g/mol. The molecule has 0 spiro atoms. The fraction of sp³-hybridized carbons (Fsp3) is 0.500. The minimum absolute atomic E-state index is 0.0882. The van der Waals surface area contributed by atoms with Gasteiger partial charge in [-0.1, -0.05) is 11.6 Å². The molecule has 0 aromatic carbocycles. The Hall–Kier alpha value is -1.13. The Bertz CT molecular complexity index is 402. The van der Waals surface area contributed by atoms with Gasteiger partial charge in [-0.05, 0) is 37.8 Å². The lowest BCUT2D eigenvalue weighted by atomic mass is 9.91. The van der Waals surface area contributed by atoms with E-state index in [-0.39, 0.29) is 11.9 Å². The van der Waals surface area contributed by atoms with Gasteiger partial charge in [-0.2, -0.15) is 0 Å². The number of pyridine rings is 1. The third kappa shape index (κ3) is 3.41. The minimum atomic E-state index is -0.0882. The highest BCUT2D eigenvalue weighted by molar-refractivity contribution is 6.29. The molecule has 1 aliphatic carbocycles. The quantitative estimate of drug-likeness (QED) is 0.789. The van der Waals surface area contributed by atoms with Crippen molar-refractivity contribution in [1.29, 1.82) is 0 Å². The third-order valence-corrected chi connectivity index (χ3v) is 3.30. The van der Waals surface area contributed by atoms with E-state index in [0.717, 1.165) is 25.7 Å². The van der Waals surface area contributed by atoms with Crippen molar-refractivity contribution in [2.24, 2.45) is 5.73 Å². The second kappa shape index (κ2) is 5.47. The van der Waals surface area contributed by atoms with E-state index in [1.165, 1.54) is 6.20 Å². The maximum atomic E-state index is 11.9. The highest BCUT2D eigenvalue weighted by atomic mass is 35.5. The predicted octanol–water partition coefficient (Wildman–Crippen LogP) is 1.73. The summed E-state index contributed by atoms with van der Waals surface area (Å²) in [4.78, 5) is 15.8. The molecule has 0 atom stereocenters. The van der Waals surface area contributed by atoms with E-state index in [9.17, 15) is 4.79 Å². The summed E-state index contributed by atoms with van der Waals surface area (Å²) in [7, 11) is 0. The summed E-state index contributed by atoms with van der Waals surface area (Å²) in [6, 6.07) is 3.76. The molecule has 1 heterocycles. The number of nitrogens with zero attached hydrogens (tertiary/aromatic N) is 1. The zero-order chi connectivity index (χ0) is 12.3. The van der Waals surface area contributed by atoms with Crippen LogP contribution in [0, 0.1) is 0 Å². The molecule has 0 bridgehead atoms. The molecular formula is C12H16ClN3O. The van der Waals surface area contributed by atoms with E-state index in [1.807, 2.05) is 0 Å². The average molecular weight is 254 g/mol. The van der Waals surface area contributed by atoms with Crippen molar-refractivity contribution < 1.29 is 4.79 Å². The van der Waals surface area contributed by atoms with Crippen molar-refractivity contribution >= 4 is 17.5 Å². The van der Waals surface area contributed by atoms with Crippen LogP contribution in [0.3, 0.4) is 0 Å². The Kier molecular flexibility index (Phi) is 3.97. The van der Waals surface area contributed by atoms with Crippen molar-refractivity contribution in [3.05, 3.63) is 29.0 Å². The molecule has 1 amide bonds. The van der Waals surface area contributed by atoms with Crippen LogP contribution in [0.2, 0.25) is 5.15 Å². The first-order valence-corrected chi connectivity index (χ1v) is 6.21. The normalized spacial score (nSPS) is 24.4. The van der Waals surface area contributed by atoms with Crippen LogP contribution in [0.25, 0.3) is 0 Å². The van der Waals surface area contributed by atoms with Gasteiger partial charge in [0.05, 0.1) is 0 Å². The van der Waals surface area contributed by atoms with Gasteiger partial charge in [0.1, 0.15) is 5.15 Å². The Balaban J connectivity index is 1.93. The summed E-state index contributed by atoms with van der Waals surface area (Å²) >= 11 is 5.74. The Morgan fingerprint density at radius 1 is 1.41 bits per heavy atom. The van der Waals surface area contributed by atoms with Gasteiger partial charge in [-0.15, -0.1) is 0 Å². The van der Waals surface area contributed by atoms with Crippen LogP contribution >= 0.6 is 11.6 Å². The minimum Gasteiger partial charge on any atom is -0.349 e. The van der Waals surface area contributed by atoms with Crippen LogP contribution in [-0.4, -0.2) is 23.0 Å². The van der Waals surface area contributed by atoms with E-state index >= 15 is 0 Å². The number of amides is 1. The van der Waals surface area contributed by atoms with Gasteiger partial charge in [-0.3, -0.25) is 4.79 Å². The van der Waals surface area contributed by atoms with Gasteiger partial charge in [0, 0.05) is 23.8 Å². The zero-order valence-corrected chi connectivity index (χ0v) is 10.3. The van der Waals surface area contributed by atoms with Crippen molar-refractivity contribution in [3.8, 4) is 0 Å². The fourth-order valence-electron chi connectivity index (χ4n) is 2.08. The zero-order valence-electron chi connectivity index (χ0n) is 9.53. The Labute approximate surface area is 106 Å². The molecule has 0 saturated heterocycles. The van der Waals surface area contributed by atoms with E-state index in [4.69, 9.17) is 17.3 Å².